The van der Waals surface area contributed by atoms with Crippen LogP contribution in [0.5, 0.6) is 0 Å². The third-order valence-corrected chi connectivity index (χ3v) is 11.6. The summed E-state index contributed by atoms with van der Waals surface area (Å²) in [5.74, 6) is 0.619. The quantitative estimate of drug-likeness (QED) is 0.172. The maximum atomic E-state index is 6.38. The summed E-state index contributed by atoms with van der Waals surface area (Å²) in [6.45, 7) is 0. The molecule has 0 atom stereocenters. The molecule has 5 heteroatoms. The fourth-order valence-corrected chi connectivity index (χ4v) is 9.06. The molecule has 8 aromatic carbocycles. The Labute approximate surface area is 315 Å². The normalized spacial score (nSPS) is 11.7. The number of hydrogen-bond donors (Lipinski definition) is 0. The highest BCUT2D eigenvalue weighted by molar-refractivity contribution is 7.25. The van der Waals surface area contributed by atoms with Crippen molar-refractivity contribution in [3.8, 4) is 28.3 Å². The fourth-order valence-electron chi connectivity index (χ4n) is 7.97. The van der Waals surface area contributed by atoms with Crippen LogP contribution in [0.15, 0.2) is 192 Å². The molecule has 0 saturated carbocycles. The Hall–Kier alpha value is -6.95. The van der Waals surface area contributed by atoms with Gasteiger partial charge in [-0.05, 0) is 96.1 Å². The fraction of sp³-hybridized carbons (Fsp3) is 0. The number of aromatic nitrogens is 2. The average molecular weight is 710 g/mol. The van der Waals surface area contributed by atoms with Crippen LogP contribution in [0.1, 0.15) is 0 Å². The van der Waals surface area contributed by atoms with Crippen LogP contribution in [0, 0.1) is 0 Å². The van der Waals surface area contributed by atoms with Gasteiger partial charge >= 0.3 is 0 Å². The second-order valence-electron chi connectivity index (χ2n) is 13.6. The number of rotatable bonds is 6. The van der Waals surface area contributed by atoms with Crippen molar-refractivity contribution in [2.75, 3.05) is 4.90 Å². The maximum absolute atomic E-state index is 6.38. The zero-order valence-electron chi connectivity index (χ0n) is 29.1. The molecule has 0 radical (unpaired) electrons. The Morgan fingerprint density at radius 3 is 2.07 bits per heavy atom. The molecule has 0 spiro atoms. The maximum Gasteiger partial charge on any atom is 0.228 e. The van der Waals surface area contributed by atoms with E-state index in [1.165, 1.54) is 31.3 Å². The first kappa shape index (κ1) is 30.7. The first-order chi connectivity index (χ1) is 26.8. The zero-order valence-corrected chi connectivity index (χ0v) is 29.9. The van der Waals surface area contributed by atoms with Gasteiger partial charge in [0.1, 0.15) is 5.52 Å². The van der Waals surface area contributed by atoms with Gasteiger partial charge in [-0.3, -0.25) is 0 Å². The molecule has 0 bridgehead atoms. The Morgan fingerprint density at radius 2 is 1.19 bits per heavy atom. The van der Waals surface area contributed by atoms with Crippen LogP contribution in [0.25, 0.3) is 81.3 Å². The van der Waals surface area contributed by atoms with Crippen LogP contribution < -0.4 is 4.90 Å². The van der Waals surface area contributed by atoms with Crippen molar-refractivity contribution in [3.05, 3.63) is 188 Å². The monoisotopic (exact) mass is 709 g/mol. The van der Waals surface area contributed by atoms with Crippen molar-refractivity contribution in [2.24, 2.45) is 0 Å². The summed E-state index contributed by atoms with van der Waals surface area (Å²) in [5, 5.41) is 4.79. The van der Waals surface area contributed by atoms with E-state index in [1.54, 1.807) is 0 Å². The molecule has 0 aliphatic carbocycles. The van der Waals surface area contributed by atoms with Crippen molar-refractivity contribution >= 4 is 81.5 Å². The van der Waals surface area contributed by atoms with Crippen LogP contribution in [-0.4, -0.2) is 9.55 Å². The molecule has 0 unspecified atom stereocenters. The Balaban J connectivity index is 1.18. The molecule has 0 amide bonds. The predicted molar refractivity (Wildman–Crippen MR) is 227 cm³/mol. The molecule has 3 aromatic heterocycles. The largest absolute Gasteiger partial charge is 0.436 e. The van der Waals surface area contributed by atoms with Crippen molar-refractivity contribution in [1.82, 2.24) is 9.55 Å². The molecule has 0 aliphatic rings. The number of anilines is 3. The second kappa shape index (κ2) is 12.3. The van der Waals surface area contributed by atoms with Crippen molar-refractivity contribution < 1.29 is 4.42 Å². The molecular weight excluding hydrogens is 679 g/mol. The number of fused-ring (bicyclic) bond motifs is 7. The topological polar surface area (TPSA) is 34.2 Å². The van der Waals surface area contributed by atoms with Gasteiger partial charge in [-0.25, -0.2) is 4.98 Å². The van der Waals surface area contributed by atoms with Crippen LogP contribution in [0.2, 0.25) is 0 Å². The Kier molecular flexibility index (Phi) is 7.00. The third kappa shape index (κ3) is 4.94. The van der Waals surface area contributed by atoms with Crippen LogP contribution in [0.3, 0.4) is 0 Å². The van der Waals surface area contributed by atoms with Crippen LogP contribution in [0.4, 0.5) is 17.1 Å². The van der Waals surface area contributed by atoms with Gasteiger partial charge in [0.15, 0.2) is 5.58 Å². The molecule has 11 aromatic rings. The lowest BCUT2D eigenvalue weighted by Gasteiger charge is -2.26. The van der Waals surface area contributed by atoms with Crippen LogP contribution in [-0.2, 0) is 0 Å². The molecular formula is C49H31N3OS. The predicted octanol–water partition coefficient (Wildman–Crippen LogP) is 14.1. The van der Waals surface area contributed by atoms with E-state index < -0.39 is 0 Å². The standard InChI is InChI=1S/C49H31N3OS/c1-3-13-32(14-4-1)33-15-11-18-35(29-33)51(36-26-28-47-41(30-36)38-19-7-10-24-46(38)54-47)37-25-27-39-44(31-37)52(34-16-5-2-6-17-34)43-22-12-20-40(48(39)43)49-50-42-21-8-9-23-45(42)53-49/h1-31H. The number of para-hydroxylation sites is 3. The molecule has 3 heterocycles. The molecule has 0 saturated heterocycles. The van der Waals surface area contributed by atoms with Gasteiger partial charge in [-0.1, -0.05) is 103 Å². The summed E-state index contributed by atoms with van der Waals surface area (Å²) in [6, 6.07) is 66.9. The van der Waals surface area contributed by atoms with Gasteiger partial charge in [0.2, 0.25) is 5.89 Å². The Morgan fingerprint density at radius 1 is 0.481 bits per heavy atom. The summed E-state index contributed by atoms with van der Waals surface area (Å²) in [4.78, 5) is 7.33. The Bertz CT molecular complexity index is 3140. The minimum atomic E-state index is 0.619. The highest BCUT2D eigenvalue weighted by Gasteiger charge is 2.22. The van der Waals surface area contributed by atoms with Gasteiger partial charge < -0.3 is 13.9 Å². The SMILES string of the molecule is c1ccc(-c2cccc(N(c3ccc4sc5ccccc5c4c3)c3ccc4c5c(-c6nc7ccccc7o6)cccc5n(-c5ccccc5)c4c3)c2)cc1. The summed E-state index contributed by atoms with van der Waals surface area (Å²) < 4.78 is 11.3. The highest BCUT2D eigenvalue weighted by atomic mass is 32.1. The third-order valence-electron chi connectivity index (χ3n) is 10.4. The number of thiophene rings is 1. The van der Waals surface area contributed by atoms with E-state index in [-0.39, 0.29) is 0 Å². The summed E-state index contributed by atoms with van der Waals surface area (Å²) in [5.41, 5.74) is 11.5. The van der Waals surface area contributed by atoms with E-state index in [9.17, 15) is 0 Å². The molecule has 0 fully saturated rings. The first-order valence-corrected chi connectivity index (χ1v) is 18.9. The summed E-state index contributed by atoms with van der Waals surface area (Å²) >= 11 is 1.84. The van der Waals surface area contributed by atoms with E-state index in [0.717, 1.165) is 61.2 Å². The lowest BCUT2D eigenvalue weighted by atomic mass is 10.0. The summed E-state index contributed by atoms with van der Waals surface area (Å²) in [7, 11) is 0. The van der Waals surface area contributed by atoms with Gasteiger partial charge in [0.25, 0.3) is 0 Å². The van der Waals surface area contributed by atoms with Crippen LogP contribution >= 0.6 is 11.3 Å². The lowest BCUT2D eigenvalue weighted by molar-refractivity contribution is 0.620. The lowest BCUT2D eigenvalue weighted by Crippen LogP contribution is -2.10. The molecule has 0 aliphatic heterocycles. The van der Waals surface area contributed by atoms with E-state index in [4.69, 9.17) is 9.40 Å². The van der Waals surface area contributed by atoms with Crippen molar-refractivity contribution in [2.45, 2.75) is 0 Å². The first-order valence-electron chi connectivity index (χ1n) is 18.1. The molecule has 0 N–H and O–H groups in total. The molecule has 54 heavy (non-hydrogen) atoms. The number of benzene rings is 8. The smallest absolute Gasteiger partial charge is 0.228 e. The van der Waals surface area contributed by atoms with Crippen molar-refractivity contribution in [1.29, 1.82) is 0 Å². The van der Waals surface area contributed by atoms with Crippen molar-refractivity contribution in [3.63, 3.8) is 0 Å². The summed E-state index contributed by atoms with van der Waals surface area (Å²) in [6.07, 6.45) is 0. The number of hydrogen-bond acceptors (Lipinski definition) is 4. The van der Waals surface area contributed by atoms with E-state index in [1.807, 2.05) is 35.6 Å². The minimum Gasteiger partial charge on any atom is -0.436 e. The van der Waals surface area contributed by atoms with Gasteiger partial charge in [0, 0.05) is 59.3 Å². The number of nitrogens with zero attached hydrogens (tertiary/aromatic N) is 3. The number of oxazole rings is 1. The second-order valence-corrected chi connectivity index (χ2v) is 14.7. The van der Waals surface area contributed by atoms with Gasteiger partial charge in [-0.2, -0.15) is 0 Å². The average Bonchev–Trinajstić information content (AvgIpc) is 3.93. The van der Waals surface area contributed by atoms with Gasteiger partial charge in [-0.15, -0.1) is 11.3 Å². The molecule has 11 rings (SSSR count). The van der Waals surface area contributed by atoms with Gasteiger partial charge in [0.05, 0.1) is 11.0 Å². The molecule has 4 nitrogen and oxygen atoms in total. The molecule has 254 valence electrons. The minimum absolute atomic E-state index is 0.619. The zero-order chi connectivity index (χ0) is 35.6. The van der Waals surface area contributed by atoms with E-state index in [2.05, 4.69) is 173 Å². The highest BCUT2D eigenvalue weighted by Crippen LogP contribution is 2.45. The van der Waals surface area contributed by atoms with E-state index in [0.29, 0.717) is 5.89 Å². The van der Waals surface area contributed by atoms with E-state index >= 15 is 0 Å².